The molecule has 0 atom stereocenters. The summed E-state index contributed by atoms with van der Waals surface area (Å²) in [5, 5.41) is 22.9. The number of nitrogens with one attached hydrogen (secondary N) is 2. The molecule has 1 aliphatic heterocycles. The van der Waals surface area contributed by atoms with Gasteiger partial charge in [-0.2, -0.15) is 0 Å². The number of hydrogen-bond acceptors (Lipinski definition) is 8. The molecule has 154 valence electrons. The molecule has 0 bridgehead atoms. The van der Waals surface area contributed by atoms with Crippen LogP contribution in [-0.4, -0.2) is 47.5 Å². The molecule has 0 amide bonds. The van der Waals surface area contributed by atoms with Crippen molar-refractivity contribution in [1.29, 1.82) is 0 Å². The molecule has 2 aromatic rings. The highest BCUT2D eigenvalue weighted by atomic mass is 35.5. The molecule has 2 N–H and O–H groups in total. The Kier molecular flexibility index (Phi) is 6.35. The minimum Gasteiger partial charge on any atom is -0.369 e. The number of rotatable bonds is 7. The third kappa shape index (κ3) is 4.84. The lowest BCUT2D eigenvalue weighted by atomic mass is 10.2. The van der Waals surface area contributed by atoms with Crippen LogP contribution in [0.25, 0.3) is 0 Å². The Morgan fingerprint density at radius 2 is 1.48 bits per heavy atom. The predicted octanol–water partition coefficient (Wildman–Crippen LogP) is 3.74. The highest BCUT2D eigenvalue weighted by Gasteiger charge is 2.21. The van der Waals surface area contributed by atoms with E-state index >= 15 is 0 Å². The van der Waals surface area contributed by atoms with Crippen LogP contribution < -0.4 is 15.8 Å². The molecule has 3 rings (SSSR count). The van der Waals surface area contributed by atoms with E-state index in [-0.39, 0.29) is 22.7 Å². The van der Waals surface area contributed by atoms with Gasteiger partial charge >= 0.3 is 0 Å². The molecule has 11 heteroatoms. The van der Waals surface area contributed by atoms with Crippen molar-refractivity contribution >= 4 is 40.0 Å². The summed E-state index contributed by atoms with van der Waals surface area (Å²) in [6.45, 7) is 6.58. The number of nitro groups is 2. The topological polar surface area (TPSA) is 117 Å². The Balaban J connectivity index is 1.83. The van der Waals surface area contributed by atoms with Crippen LogP contribution in [0.15, 0.2) is 36.4 Å². The van der Waals surface area contributed by atoms with Crippen LogP contribution >= 0.6 is 11.6 Å². The quantitative estimate of drug-likeness (QED) is 0.514. The van der Waals surface area contributed by atoms with Crippen LogP contribution in [0, 0.1) is 20.2 Å². The van der Waals surface area contributed by atoms with E-state index in [0.29, 0.717) is 5.02 Å². The lowest BCUT2D eigenvalue weighted by Crippen LogP contribution is -2.46. The minimum absolute atomic E-state index is 0.110. The first-order valence-corrected chi connectivity index (χ1v) is 9.48. The van der Waals surface area contributed by atoms with Gasteiger partial charge in [0.05, 0.1) is 9.85 Å². The number of nitro benzene ring substituents is 2. The molecule has 0 radical (unpaired) electrons. The van der Waals surface area contributed by atoms with Gasteiger partial charge in [-0.1, -0.05) is 18.5 Å². The smallest absolute Gasteiger partial charge is 0.294 e. The second kappa shape index (κ2) is 8.93. The molecular weight excluding hydrogens is 400 g/mol. The molecule has 1 saturated heterocycles. The fourth-order valence-electron chi connectivity index (χ4n) is 3.20. The van der Waals surface area contributed by atoms with E-state index < -0.39 is 9.85 Å². The van der Waals surface area contributed by atoms with E-state index in [1.807, 2.05) is 0 Å². The van der Waals surface area contributed by atoms with Crippen molar-refractivity contribution in [3.63, 3.8) is 0 Å². The number of halogens is 1. The van der Waals surface area contributed by atoms with Crippen molar-refractivity contribution in [2.45, 2.75) is 6.92 Å². The van der Waals surface area contributed by atoms with Gasteiger partial charge in [0.2, 0.25) is 0 Å². The van der Waals surface area contributed by atoms with E-state index in [9.17, 15) is 20.2 Å². The van der Waals surface area contributed by atoms with E-state index in [1.54, 1.807) is 12.1 Å². The zero-order valence-electron chi connectivity index (χ0n) is 15.8. The SMILES string of the molecule is CCN1CCN(c2ccc([N+](=O)[O-])c(NNc3cc(Cl)ccc3[N+](=O)[O-])c2)CC1. The van der Waals surface area contributed by atoms with Gasteiger partial charge in [-0.3, -0.25) is 31.1 Å². The third-order valence-electron chi connectivity index (χ3n) is 4.85. The second-order valence-electron chi connectivity index (χ2n) is 6.55. The molecule has 1 fully saturated rings. The van der Waals surface area contributed by atoms with E-state index in [4.69, 9.17) is 11.6 Å². The summed E-state index contributed by atoms with van der Waals surface area (Å²) in [7, 11) is 0. The van der Waals surface area contributed by atoms with Gasteiger partial charge < -0.3 is 9.80 Å². The van der Waals surface area contributed by atoms with Crippen molar-refractivity contribution in [3.8, 4) is 0 Å². The van der Waals surface area contributed by atoms with Crippen LogP contribution in [0.3, 0.4) is 0 Å². The number of anilines is 3. The maximum absolute atomic E-state index is 11.4. The number of hydrogen-bond donors (Lipinski definition) is 2. The van der Waals surface area contributed by atoms with E-state index in [2.05, 4.69) is 27.6 Å². The van der Waals surface area contributed by atoms with Gasteiger partial charge in [0.1, 0.15) is 11.4 Å². The Labute approximate surface area is 172 Å². The van der Waals surface area contributed by atoms with Crippen LogP contribution in [0.4, 0.5) is 28.4 Å². The van der Waals surface area contributed by atoms with Crippen molar-refractivity contribution < 1.29 is 9.85 Å². The molecule has 10 nitrogen and oxygen atoms in total. The predicted molar refractivity (Wildman–Crippen MR) is 113 cm³/mol. The maximum atomic E-state index is 11.4. The van der Waals surface area contributed by atoms with Gasteiger partial charge in [-0.25, -0.2) is 0 Å². The number of likely N-dealkylation sites (N-methyl/N-ethyl adjacent to an activating group) is 1. The van der Waals surface area contributed by atoms with E-state index in [0.717, 1.165) is 38.4 Å². The average molecular weight is 421 g/mol. The minimum atomic E-state index is -0.557. The molecule has 0 aliphatic carbocycles. The molecule has 0 unspecified atom stereocenters. The Morgan fingerprint density at radius 3 is 2.03 bits per heavy atom. The molecule has 1 heterocycles. The van der Waals surface area contributed by atoms with Gasteiger partial charge in [0, 0.05) is 49.0 Å². The van der Waals surface area contributed by atoms with Gasteiger partial charge in [-0.05, 0) is 30.8 Å². The zero-order chi connectivity index (χ0) is 21.0. The largest absolute Gasteiger partial charge is 0.369 e. The number of nitrogens with zero attached hydrogens (tertiary/aromatic N) is 4. The molecule has 2 aromatic carbocycles. The summed E-state index contributed by atoms with van der Waals surface area (Å²) in [6, 6.07) is 8.87. The Hall–Kier alpha value is -3.11. The fourth-order valence-corrected chi connectivity index (χ4v) is 3.38. The van der Waals surface area contributed by atoms with Crippen molar-refractivity contribution in [1.82, 2.24) is 4.90 Å². The standard InChI is InChI=1S/C18H21ClN6O4/c1-2-22-7-9-23(10-8-22)14-4-6-18(25(28)29)16(12-14)21-20-15-11-13(19)3-5-17(15)24(26)27/h3-6,11-12,20-21H,2,7-10H2,1H3. The van der Waals surface area contributed by atoms with Crippen LogP contribution in [0.5, 0.6) is 0 Å². The van der Waals surface area contributed by atoms with Crippen LogP contribution in [0.1, 0.15) is 6.92 Å². The summed E-state index contributed by atoms with van der Waals surface area (Å²) < 4.78 is 0. The number of hydrazine groups is 1. The molecule has 0 spiro atoms. The molecule has 1 aliphatic rings. The van der Waals surface area contributed by atoms with Gasteiger partial charge in [0.25, 0.3) is 11.4 Å². The molecular formula is C18H21ClN6O4. The molecule has 0 saturated carbocycles. The van der Waals surface area contributed by atoms with Crippen LogP contribution in [-0.2, 0) is 0 Å². The van der Waals surface area contributed by atoms with Crippen molar-refractivity contribution in [3.05, 3.63) is 61.6 Å². The molecule has 29 heavy (non-hydrogen) atoms. The normalized spacial score (nSPS) is 14.5. The fraction of sp³-hybridized carbons (Fsp3) is 0.333. The monoisotopic (exact) mass is 420 g/mol. The summed E-state index contributed by atoms with van der Waals surface area (Å²) in [4.78, 5) is 26.1. The average Bonchev–Trinajstić information content (AvgIpc) is 2.71. The van der Waals surface area contributed by atoms with Gasteiger partial charge in [0.15, 0.2) is 0 Å². The Morgan fingerprint density at radius 1 is 0.931 bits per heavy atom. The highest BCUT2D eigenvalue weighted by molar-refractivity contribution is 6.31. The van der Waals surface area contributed by atoms with Crippen LogP contribution in [0.2, 0.25) is 5.02 Å². The first kappa shape index (κ1) is 20.6. The summed E-state index contributed by atoms with van der Waals surface area (Å²) in [6.07, 6.45) is 0. The Bertz CT molecular complexity index is 917. The lowest BCUT2D eigenvalue weighted by Gasteiger charge is -2.35. The maximum Gasteiger partial charge on any atom is 0.294 e. The summed E-state index contributed by atoms with van der Waals surface area (Å²) in [5.74, 6) is 0. The summed E-state index contributed by atoms with van der Waals surface area (Å²) >= 11 is 5.93. The first-order chi connectivity index (χ1) is 13.9. The second-order valence-corrected chi connectivity index (χ2v) is 6.98. The highest BCUT2D eigenvalue weighted by Crippen LogP contribution is 2.32. The third-order valence-corrected chi connectivity index (χ3v) is 5.08. The molecule has 0 aromatic heterocycles. The summed E-state index contributed by atoms with van der Waals surface area (Å²) in [5.41, 5.74) is 6.25. The van der Waals surface area contributed by atoms with Crippen molar-refractivity contribution in [2.24, 2.45) is 0 Å². The number of piperazine rings is 1. The first-order valence-electron chi connectivity index (χ1n) is 9.10. The zero-order valence-corrected chi connectivity index (χ0v) is 16.6. The van der Waals surface area contributed by atoms with Gasteiger partial charge in [-0.15, -0.1) is 0 Å². The number of benzene rings is 2. The lowest BCUT2D eigenvalue weighted by molar-refractivity contribution is -0.384. The van der Waals surface area contributed by atoms with E-state index in [1.165, 1.54) is 24.3 Å². The van der Waals surface area contributed by atoms with Crippen molar-refractivity contribution in [2.75, 3.05) is 48.5 Å².